The number of benzene rings is 2. The van der Waals surface area contributed by atoms with Gasteiger partial charge in [0.25, 0.3) is 0 Å². The summed E-state index contributed by atoms with van der Waals surface area (Å²) in [6.45, 7) is 2.91. The lowest BCUT2D eigenvalue weighted by Gasteiger charge is -2.19. The van der Waals surface area contributed by atoms with Crippen LogP contribution in [0.4, 0.5) is 5.13 Å². The van der Waals surface area contributed by atoms with Gasteiger partial charge in [-0.25, -0.2) is 4.98 Å². The predicted molar refractivity (Wildman–Crippen MR) is 123 cm³/mol. The minimum atomic E-state index is -0.0418. The smallest absolute Gasteiger partial charge is 0.233 e. The number of pyridine rings is 1. The van der Waals surface area contributed by atoms with Gasteiger partial charge in [0, 0.05) is 6.20 Å². The maximum Gasteiger partial charge on any atom is 0.233 e. The quantitative estimate of drug-likeness (QED) is 0.396. The third-order valence-corrected chi connectivity index (χ3v) is 5.79. The van der Waals surface area contributed by atoms with Crippen molar-refractivity contribution in [2.45, 2.75) is 19.9 Å². The minimum Gasteiger partial charge on any atom is -0.497 e. The summed E-state index contributed by atoms with van der Waals surface area (Å²) in [7, 11) is 1.62. The summed E-state index contributed by atoms with van der Waals surface area (Å²) in [5.74, 6) is 1.52. The van der Waals surface area contributed by atoms with E-state index in [1.165, 1.54) is 11.3 Å². The van der Waals surface area contributed by atoms with E-state index in [9.17, 15) is 4.79 Å². The second kappa shape index (κ2) is 9.57. The fraction of sp³-hybridized carbons (Fsp3) is 0.208. The Balaban J connectivity index is 1.64. The molecule has 0 fully saturated rings. The molecule has 31 heavy (non-hydrogen) atoms. The largest absolute Gasteiger partial charge is 0.497 e. The fourth-order valence-corrected chi connectivity index (χ4v) is 4.20. The van der Waals surface area contributed by atoms with Gasteiger partial charge in [-0.05, 0) is 55.0 Å². The Hall–Kier alpha value is -3.45. The first kappa shape index (κ1) is 20.8. The lowest BCUT2D eigenvalue weighted by molar-refractivity contribution is -0.118. The van der Waals surface area contributed by atoms with Crippen LogP contribution in [0.3, 0.4) is 0 Å². The Morgan fingerprint density at radius 2 is 1.87 bits per heavy atom. The molecule has 0 atom stereocenters. The van der Waals surface area contributed by atoms with Crippen molar-refractivity contribution in [3.8, 4) is 11.5 Å². The highest BCUT2D eigenvalue weighted by atomic mass is 32.1. The Labute approximate surface area is 185 Å². The van der Waals surface area contributed by atoms with E-state index in [4.69, 9.17) is 14.5 Å². The van der Waals surface area contributed by atoms with Crippen LogP contribution in [0.2, 0.25) is 0 Å². The molecule has 0 aliphatic carbocycles. The molecule has 0 aliphatic rings. The molecule has 7 heteroatoms. The van der Waals surface area contributed by atoms with E-state index < -0.39 is 0 Å². The molecular weight excluding hydrogens is 410 g/mol. The zero-order valence-electron chi connectivity index (χ0n) is 17.4. The number of carbonyl (C=O) groups excluding carboxylic acids is 1. The SMILES string of the molecule is CCOc1ccc2nc(N(Cc3ccccn3)C(=O)Cc3ccc(OC)cc3)sc2c1. The van der Waals surface area contributed by atoms with Gasteiger partial charge in [0.15, 0.2) is 5.13 Å². The number of aromatic nitrogens is 2. The molecule has 4 aromatic rings. The zero-order valence-corrected chi connectivity index (χ0v) is 18.3. The van der Waals surface area contributed by atoms with Crippen LogP contribution in [-0.2, 0) is 17.8 Å². The van der Waals surface area contributed by atoms with Crippen LogP contribution in [0.15, 0.2) is 66.9 Å². The molecule has 0 N–H and O–H groups in total. The van der Waals surface area contributed by atoms with E-state index in [-0.39, 0.29) is 12.3 Å². The molecule has 1 amide bonds. The van der Waals surface area contributed by atoms with Crippen molar-refractivity contribution in [1.82, 2.24) is 9.97 Å². The molecule has 0 saturated carbocycles. The molecule has 4 rings (SSSR count). The fourth-order valence-electron chi connectivity index (χ4n) is 3.19. The van der Waals surface area contributed by atoms with Crippen molar-refractivity contribution in [2.24, 2.45) is 0 Å². The van der Waals surface area contributed by atoms with Gasteiger partial charge in [-0.2, -0.15) is 0 Å². The summed E-state index contributed by atoms with van der Waals surface area (Å²) < 4.78 is 11.8. The summed E-state index contributed by atoms with van der Waals surface area (Å²) in [4.78, 5) is 24.1. The van der Waals surface area contributed by atoms with Crippen molar-refractivity contribution < 1.29 is 14.3 Å². The molecule has 0 aliphatic heterocycles. The highest BCUT2D eigenvalue weighted by molar-refractivity contribution is 7.22. The van der Waals surface area contributed by atoms with E-state index in [2.05, 4.69) is 4.98 Å². The van der Waals surface area contributed by atoms with Crippen LogP contribution in [0.25, 0.3) is 10.2 Å². The van der Waals surface area contributed by atoms with Crippen molar-refractivity contribution in [3.05, 3.63) is 78.1 Å². The Morgan fingerprint density at radius 1 is 1.06 bits per heavy atom. The monoisotopic (exact) mass is 433 g/mol. The van der Waals surface area contributed by atoms with Gasteiger partial charge >= 0.3 is 0 Å². The number of hydrogen-bond acceptors (Lipinski definition) is 6. The van der Waals surface area contributed by atoms with Crippen molar-refractivity contribution >= 4 is 32.6 Å². The standard InChI is InChI=1S/C24H23N3O3S/c1-3-30-20-11-12-21-22(15-20)31-24(26-21)27(16-18-6-4-5-13-25-18)23(28)14-17-7-9-19(29-2)10-8-17/h4-13,15H,3,14,16H2,1-2H3. The summed E-state index contributed by atoms with van der Waals surface area (Å²) in [5.41, 5.74) is 2.56. The van der Waals surface area contributed by atoms with E-state index in [1.54, 1.807) is 18.2 Å². The van der Waals surface area contributed by atoms with E-state index >= 15 is 0 Å². The van der Waals surface area contributed by atoms with E-state index in [0.717, 1.165) is 33.0 Å². The normalized spacial score (nSPS) is 10.8. The van der Waals surface area contributed by atoms with Crippen LogP contribution < -0.4 is 14.4 Å². The Kier molecular flexibility index (Phi) is 6.43. The van der Waals surface area contributed by atoms with Gasteiger partial charge < -0.3 is 9.47 Å². The van der Waals surface area contributed by atoms with Gasteiger partial charge in [0.05, 0.1) is 42.6 Å². The zero-order chi connectivity index (χ0) is 21.6. The van der Waals surface area contributed by atoms with Crippen molar-refractivity contribution in [2.75, 3.05) is 18.6 Å². The average Bonchev–Trinajstić information content (AvgIpc) is 3.22. The van der Waals surface area contributed by atoms with Crippen LogP contribution in [0, 0.1) is 0 Å². The van der Waals surface area contributed by atoms with Gasteiger partial charge in [0.2, 0.25) is 5.91 Å². The van der Waals surface area contributed by atoms with E-state index in [0.29, 0.717) is 18.3 Å². The van der Waals surface area contributed by atoms with Crippen LogP contribution in [0.1, 0.15) is 18.2 Å². The number of anilines is 1. The van der Waals surface area contributed by atoms with Gasteiger partial charge in [0.1, 0.15) is 11.5 Å². The number of methoxy groups -OCH3 is 1. The number of nitrogens with zero attached hydrogens (tertiary/aromatic N) is 3. The first-order valence-electron chi connectivity index (χ1n) is 10.0. The average molecular weight is 434 g/mol. The van der Waals surface area contributed by atoms with Gasteiger partial charge in [-0.1, -0.05) is 29.5 Å². The predicted octanol–water partition coefficient (Wildman–Crippen LogP) is 4.87. The first-order chi connectivity index (χ1) is 15.2. The molecule has 2 heterocycles. The molecule has 0 unspecified atom stereocenters. The molecule has 0 spiro atoms. The summed E-state index contributed by atoms with van der Waals surface area (Å²) in [6, 6.07) is 19.0. The number of fused-ring (bicyclic) bond motifs is 1. The number of hydrogen-bond donors (Lipinski definition) is 0. The van der Waals surface area contributed by atoms with Crippen LogP contribution >= 0.6 is 11.3 Å². The minimum absolute atomic E-state index is 0.0418. The highest BCUT2D eigenvalue weighted by Gasteiger charge is 2.21. The third-order valence-electron chi connectivity index (χ3n) is 4.75. The molecular formula is C24H23N3O3S. The van der Waals surface area contributed by atoms with Crippen molar-refractivity contribution in [1.29, 1.82) is 0 Å². The van der Waals surface area contributed by atoms with Gasteiger partial charge in [-0.3, -0.25) is 14.7 Å². The summed E-state index contributed by atoms with van der Waals surface area (Å²) in [6.07, 6.45) is 1.99. The molecule has 2 aromatic heterocycles. The number of thiazole rings is 1. The van der Waals surface area contributed by atoms with Crippen LogP contribution in [0.5, 0.6) is 11.5 Å². The lowest BCUT2D eigenvalue weighted by Crippen LogP contribution is -2.32. The molecule has 0 saturated heterocycles. The number of rotatable bonds is 8. The lowest BCUT2D eigenvalue weighted by atomic mass is 10.1. The maximum atomic E-state index is 13.3. The van der Waals surface area contributed by atoms with Crippen LogP contribution in [-0.4, -0.2) is 29.6 Å². The molecule has 6 nitrogen and oxygen atoms in total. The maximum absolute atomic E-state index is 13.3. The summed E-state index contributed by atoms with van der Waals surface area (Å²) in [5, 5.41) is 0.646. The van der Waals surface area contributed by atoms with Gasteiger partial charge in [-0.15, -0.1) is 0 Å². The second-order valence-electron chi connectivity index (χ2n) is 6.88. The highest BCUT2D eigenvalue weighted by Crippen LogP contribution is 2.32. The molecule has 158 valence electrons. The Bertz CT molecular complexity index is 1160. The molecule has 0 radical (unpaired) electrons. The molecule has 2 aromatic carbocycles. The summed E-state index contributed by atoms with van der Waals surface area (Å²) >= 11 is 1.48. The number of ether oxygens (including phenoxy) is 2. The Morgan fingerprint density at radius 3 is 2.58 bits per heavy atom. The number of amides is 1. The second-order valence-corrected chi connectivity index (χ2v) is 7.89. The number of carbonyl (C=O) groups is 1. The molecule has 0 bridgehead atoms. The topological polar surface area (TPSA) is 64.5 Å². The first-order valence-corrected chi connectivity index (χ1v) is 10.8. The third kappa shape index (κ3) is 5.00. The van der Waals surface area contributed by atoms with E-state index in [1.807, 2.05) is 67.6 Å². The van der Waals surface area contributed by atoms with Crippen molar-refractivity contribution in [3.63, 3.8) is 0 Å².